The van der Waals surface area contributed by atoms with Crippen LogP contribution in [0, 0.1) is 11.8 Å². The number of benzene rings is 1. The molecule has 0 amide bonds. The van der Waals surface area contributed by atoms with Gasteiger partial charge in [-0.15, -0.1) is 0 Å². The van der Waals surface area contributed by atoms with E-state index in [1.165, 1.54) is 19.1 Å². The van der Waals surface area contributed by atoms with E-state index >= 15 is 0 Å². The molecular formula is C23H29NO6. The highest BCUT2D eigenvalue weighted by atomic mass is 16.5. The van der Waals surface area contributed by atoms with E-state index in [2.05, 4.69) is 13.2 Å². The topological polar surface area (TPSA) is 93.1 Å². The molecule has 0 aliphatic heterocycles. The van der Waals surface area contributed by atoms with Crippen molar-refractivity contribution in [3.05, 3.63) is 55.1 Å². The van der Waals surface area contributed by atoms with E-state index in [1.807, 2.05) is 31.1 Å². The third kappa shape index (κ3) is 4.97. The Bertz CT molecular complexity index is 811. The van der Waals surface area contributed by atoms with Gasteiger partial charge < -0.3 is 19.5 Å². The van der Waals surface area contributed by atoms with Crippen LogP contribution >= 0.6 is 0 Å². The number of hydrogen-bond donors (Lipinski definition) is 1. The van der Waals surface area contributed by atoms with E-state index in [0.717, 1.165) is 5.69 Å². The molecule has 1 aromatic rings. The van der Waals surface area contributed by atoms with Gasteiger partial charge in [-0.2, -0.15) is 0 Å². The minimum Gasteiger partial charge on any atom is -0.461 e. The number of aliphatic hydroxyl groups is 1. The van der Waals surface area contributed by atoms with E-state index < -0.39 is 41.1 Å². The van der Waals surface area contributed by atoms with Crippen molar-refractivity contribution >= 4 is 23.4 Å². The molecule has 7 heteroatoms. The summed E-state index contributed by atoms with van der Waals surface area (Å²) in [6.07, 6.45) is 2.45. The van der Waals surface area contributed by atoms with Gasteiger partial charge in [-0.25, -0.2) is 0 Å². The first-order valence-electron chi connectivity index (χ1n) is 9.71. The molecule has 1 fully saturated rings. The highest BCUT2D eigenvalue weighted by Crippen LogP contribution is 2.47. The number of ketones is 1. The second-order valence-electron chi connectivity index (χ2n) is 7.80. The summed E-state index contributed by atoms with van der Waals surface area (Å²) in [6.45, 7) is 8.35. The molecule has 1 aromatic carbocycles. The van der Waals surface area contributed by atoms with Crippen LogP contribution < -0.4 is 4.90 Å². The fourth-order valence-electron chi connectivity index (χ4n) is 3.87. The summed E-state index contributed by atoms with van der Waals surface area (Å²) in [7, 11) is 3.77. The van der Waals surface area contributed by atoms with Crippen LogP contribution in [0.4, 0.5) is 5.69 Å². The van der Waals surface area contributed by atoms with Gasteiger partial charge in [0.05, 0.1) is 11.5 Å². The molecule has 0 saturated heterocycles. The molecule has 0 unspecified atom stereocenters. The first-order chi connectivity index (χ1) is 14.1. The predicted molar refractivity (Wildman–Crippen MR) is 113 cm³/mol. The molecule has 4 atom stereocenters. The van der Waals surface area contributed by atoms with Crippen molar-refractivity contribution in [3.63, 3.8) is 0 Å². The molecule has 1 N–H and O–H groups in total. The second kappa shape index (κ2) is 9.71. The molecule has 1 saturated carbocycles. The lowest BCUT2D eigenvalue weighted by Crippen LogP contribution is -2.55. The molecule has 7 nitrogen and oxygen atoms in total. The highest BCUT2D eigenvalue weighted by Gasteiger charge is 2.57. The molecule has 162 valence electrons. The largest absolute Gasteiger partial charge is 0.461 e. The van der Waals surface area contributed by atoms with Crippen molar-refractivity contribution in [1.82, 2.24) is 0 Å². The van der Waals surface area contributed by atoms with Crippen LogP contribution in [-0.2, 0) is 23.9 Å². The maximum atomic E-state index is 12.9. The van der Waals surface area contributed by atoms with Gasteiger partial charge in [0.1, 0.15) is 19.1 Å². The Morgan fingerprint density at radius 1 is 1.13 bits per heavy atom. The summed E-state index contributed by atoms with van der Waals surface area (Å²) in [5.41, 5.74) is -0.214. The average Bonchev–Trinajstić information content (AvgIpc) is 2.69. The van der Waals surface area contributed by atoms with Gasteiger partial charge >= 0.3 is 11.9 Å². The monoisotopic (exact) mass is 415 g/mol. The number of anilines is 1. The second-order valence-corrected chi connectivity index (χ2v) is 7.80. The molecule has 0 heterocycles. The van der Waals surface area contributed by atoms with Crippen LogP contribution in [0.1, 0.15) is 24.8 Å². The first kappa shape index (κ1) is 23.3. The number of esters is 2. The number of nitrogens with zero attached hydrogens (tertiary/aromatic N) is 1. The molecule has 30 heavy (non-hydrogen) atoms. The number of ether oxygens (including phenoxy) is 2. The zero-order valence-electron chi connectivity index (χ0n) is 17.7. The molecular weight excluding hydrogens is 386 g/mol. The summed E-state index contributed by atoms with van der Waals surface area (Å²) >= 11 is 0. The molecule has 2 rings (SSSR count). The fourth-order valence-corrected chi connectivity index (χ4v) is 3.87. The third-order valence-corrected chi connectivity index (χ3v) is 5.26. The molecule has 0 spiro atoms. The number of carbonyl (C=O) groups excluding carboxylic acids is 3. The Morgan fingerprint density at radius 2 is 1.67 bits per heavy atom. The Balaban J connectivity index is 2.57. The van der Waals surface area contributed by atoms with Gasteiger partial charge in [0.25, 0.3) is 0 Å². The van der Waals surface area contributed by atoms with Gasteiger partial charge in [0.15, 0.2) is 5.78 Å². The smallest absolute Gasteiger partial charge is 0.317 e. The minimum atomic E-state index is -1.69. The van der Waals surface area contributed by atoms with E-state index in [0.29, 0.717) is 5.56 Å². The average molecular weight is 415 g/mol. The van der Waals surface area contributed by atoms with E-state index in [9.17, 15) is 19.5 Å². The number of hydrogen-bond acceptors (Lipinski definition) is 7. The SMILES string of the molecule is C=CCOC(=O)[C@@H]1C(=O)C[C@](C)(O)[C@@H](C(=O)OCC=C)[C@@H]1c1ccc(N(C)C)cc1. The van der Waals surface area contributed by atoms with Crippen molar-refractivity contribution in [2.45, 2.75) is 24.9 Å². The van der Waals surface area contributed by atoms with Crippen molar-refractivity contribution in [1.29, 1.82) is 0 Å². The summed E-state index contributed by atoms with van der Waals surface area (Å²) in [6, 6.07) is 7.13. The Labute approximate surface area is 177 Å². The lowest BCUT2D eigenvalue weighted by molar-refractivity contribution is -0.171. The number of rotatable bonds is 8. The van der Waals surface area contributed by atoms with Gasteiger partial charge in [-0.3, -0.25) is 14.4 Å². The minimum absolute atomic E-state index is 0.0444. The summed E-state index contributed by atoms with van der Waals surface area (Å²) < 4.78 is 10.4. The van der Waals surface area contributed by atoms with Gasteiger partial charge in [0, 0.05) is 32.1 Å². The Kier molecular flexibility index (Phi) is 7.56. The quantitative estimate of drug-likeness (QED) is 0.395. The summed E-state index contributed by atoms with van der Waals surface area (Å²) in [5, 5.41) is 11.0. The van der Waals surface area contributed by atoms with E-state index in [1.54, 1.807) is 12.1 Å². The first-order valence-corrected chi connectivity index (χ1v) is 9.71. The summed E-state index contributed by atoms with van der Waals surface area (Å²) in [5.74, 6) is -5.25. The Hall–Kier alpha value is -2.93. The maximum Gasteiger partial charge on any atom is 0.317 e. The normalized spacial score (nSPS) is 25.9. The standard InChI is InChI=1S/C23H29NO6/c1-6-12-29-21(26)19-17(25)14-23(3,28)20(22(27)30-13-7-2)18(19)15-8-10-16(11-9-15)24(4)5/h6-11,18-20,28H,1-2,12-14H2,3-5H3/t18-,19-,20-,23+/m1/s1. The zero-order chi connectivity index (χ0) is 22.5. The van der Waals surface area contributed by atoms with Crippen molar-refractivity contribution < 1.29 is 29.0 Å². The molecule has 1 aliphatic rings. The van der Waals surface area contributed by atoms with Gasteiger partial charge in [0.2, 0.25) is 0 Å². The zero-order valence-corrected chi connectivity index (χ0v) is 17.7. The Morgan fingerprint density at radius 3 is 2.17 bits per heavy atom. The number of Topliss-reactive ketones (excluding diaryl/α,β-unsaturated/α-hetero) is 1. The third-order valence-electron chi connectivity index (χ3n) is 5.26. The lowest BCUT2D eigenvalue weighted by Gasteiger charge is -2.43. The van der Waals surface area contributed by atoms with Crippen LogP contribution in [0.15, 0.2) is 49.6 Å². The van der Waals surface area contributed by atoms with Crippen LogP contribution in [0.2, 0.25) is 0 Å². The molecule has 0 bridgehead atoms. The van der Waals surface area contributed by atoms with E-state index in [-0.39, 0.29) is 19.6 Å². The van der Waals surface area contributed by atoms with Crippen molar-refractivity contribution in [3.8, 4) is 0 Å². The maximum absolute atomic E-state index is 12.9. The van der Waals surface area contributed by atoms with Gasteiger partial charge in [-0.1, -0.05) is 37.4 Å². The van der Waals surface area contributed by atoms with Gasteiger partial charge in [-0.05, 0) is 24.6 Å². The predicted octanol–water partition coefficient (Wildman–Crippen LogP) is 2.25. The lowest BCUT2D eigenvalue weighted by atomic mass is 9.61. The van der Waals surface area contributed by atoms with Crippen LogP contribution in [-0.4, -0.2) is 55.7 Å². The van der Waals surface area contributed by atoms with Crippen LogP contribution in [0.25, 0.3) is 0 Å². The van der Waals surface area contributed by atoms with E-state index in [4.69, 9.17) is 9.47 Å². The van der Waals surface area contributed by atoms with Crippen molar-refractivity contribution in [2.75, 3.05) is 32.2 Å². The summed E-state index contributed by atoms with van der Waals surface area (Å²) in [4.78, 5) is 40.5. The number of carbonyl (C=O) groups is 3. The molecule has 0 radical (unpaired) electrons. The van der Waals surface area contributed by atoms with Crippen LogP contribution in [0.5, 0.6) is 0 Å². The molecule has 1 aliphatic carbocycles. The molecule has 0 aromatic heterocycles. The van der Waals surface area contributed by atoms with Crippen molar-refractivity contribution in [2.24, 2.45) is 11.8 Å². The van der Waals surface area contributed by atoms with Crippen LogP contribution in [0.3, 0.4) is 0 Å². The highest BCUT2D eigenvalue weighted by molar-refractivity contribution is 6.02. The fraction of sp³-hybridized carbons (Fsp3) is 0.435.